The second-order valence-corrected chi connectivity index (χ2v) is 5.14. The summed E-state index contributed by atoms with van der Waals surface area (Å²) in [7, 11) is 0. The normalized spacial score (nSPS) is 10.2. The van der Waals surface area contributed by atoms with Gasteiger partial charge in [0, 0.05) is 11.9 Å². The van der Waals surface area contributed by atoms with E-state index in [1.165, 1.54) is 5.38 Å². The van der Waals surface area contributed by atoms with Crippen molar-refractivity contribution in [1.29, 1.82) is 0 Å². The van der Waals surface area contributed by atoms with Crippen LogP contribution in [0.2, 0.25) is 0 Å². The molecule has 1 rings (SSSR count). The molecular formula is C10H14N2O3S2. The number of thioether (sulfide) groups is 1. The summed E-state index contributed by atoms with van der Waals surface area (Å²) < 4.78 is 0. The molecule has 0 unspecified atom stereocenters. The van der Waals surface area contributed by atoms with Crippen LogP contribution in [-0.2, 0) is 0 Å². The minimum Gasteiger partial charge on any atom is -0.476 e. The van der Waals surface area contributed by atoms with E-state index in [0.717, 1.165) is 29.9 Å². The number of unbranched alkanes of at least 4 members (excludes halogenated alkanes) is 1. The van der Waals surface area contributed by atoms with Gasteiger partial charge in [-0.05, 0) is 24.9 Å². The van der Waals surface area contributed by atoms with Crippen molar-refractivity contribution < 1.29 is 14.7 Å². The van der Waals surface area contributed by atoms with Crippen LogP contribution >= 0.6 is 23.1 Å². The van der Waals surface area contributed by atoms with Gasteiger partial charge in [0.05, 0.1) is 0 Å². The Bertz CT molecular complexity index is 393. The van der Waals surface area contributed by atoms with Gasteiger partial charge in [-0.2, -0.15) is 11.8 Å². The summed E-state index contributed by atoms with van der Waals surface area (Å²) in [6.45, 7) is 0.597. The predicted octanol–water partition coefficient (Wildman–Crippen LogP) is 1.71. The number of amides is 1. The number of thiazole rings is 1. The molecule has 1 amide bonds. The van der Waals surface area contributed by atoms with Crippen LogP contribution < -0.4 is 5.32 Å². The Kier molecular flexibility index (Phi) is 5.99. The Morgan fingerprint density at radius 3 is 2.88 bits per heavy atom. The SMILES string of the molecule is CSCCCCNC(=O)c1csc(C(=O)O)n1. The highest BCUT2D eigenvalue weighted by molar-refractivity contribution is 7.98. The fourth-order valence-corrected chi connectivity index (χ4v) is 2.27. The number of rotatable bonds is 7. The third kappa shape index (κ3) is 4.74. The van der Waals surface area contributed by atoms with Gasteiger partial charge in [-0.1, -0.05) is 0 Å². The first-order valence-electron chi connectivity index (χ1n) is 5.11. The van der Waals surface area contributed by atoms with E-state index >= 15 is 0 Å². The number of hydrogen-bond acceptors (Lipinski definition) is 5. The molecule has 0 bridgehead atoms. The fourth-order valence-electron chi connectivity index (χ4n) is 1.14. The number of carboxylic acid groups (broad SMARTS) is 1. The maximum Gasteiger partial charge on any atom is 0.365 e. The highest BCUT2D eigenvalue weighted by Gasteiger charge is 2.13. The molecule has 0 saturated carbocycles. The smallest absolute Gasteiger partial charge is 0.365 e. The second kappa shape index (κ2) is 7.29. The lowest BCUT2D eigenvalue weighted by Crippen LogP contribution is -2.24. The number of aromatic carboxylic acids is 1. The Morgan fingerprint density at radius 1 is 1.53 bits per heavy atom. The molecule has 94 valence electrons. The number of nitrogens with zero attached hydrogens (tertiary/aromatic N) is 1. The van der Waals surface area contributed by atoms with Crippen LogP contribution in [-0.4, -0.2) is 40.5 Å². The van der Waals surface area contributed by atoms with Crippen molar-refractivity contribution in [2.45, 2.75) is 12.8 Å². The van der Waals surface area contributed by atoms with E-state index in [1.54, 1.807) is 11.8 Å². The van der Waals surface area contributed by atoms with E-state index in [0.29, 0.717) is 6.54 Å². The van der Waals surface area contributed by atoms with Crippen LogP contribution in [0.4, 0.5) is 0 Å². The van der Waals surface area contributed by atoms with Gasteiger partial charge in [0.15, 0.2) is 0 Å². The molecule has 17 heavy (non-hydrogen) atoms. The standard InChI is InChI=1S/C10H14N2O3S2/c1-16-5-3-2-4-11-8(13)7-6-17-9(12-7)10(14)15/h6H,2-5H2,1H3,(H,11,13)(H,14,15). The average molecular weight is 274 g/mol. The summed E-state index contributed by atoms with van der Waals surface area (Å²) in [5.41, 5.74) is 0.178. The average Bonchev–Trinajstić information content (AvgIpc) is 2.78. The van der Waals surface area contributed by atoms with Crippen molar-refractivity contribution >= 4 is 35.0 Å². The molecule has 0 atom stereocenters. The van der Waals surface area contributed by atoms with E-state index in [9.17, 15) is 9.59 Å². The monoisotopic (exact) mass is 274 g/mol. The zero-order valence-electron chi connectivity index (χ0n) is 9.43. The van der Waals surface area contributed by atoms with Crippen LogP contribution in [0.25, 0.3) is 0 Å². The van der Waals surface area contributed by atoms with Crippen molar-refractivity contribution in [2.24, 2.45) is 0 Å². The molecule has 1 aromatic rings. The number of carbonyl (C=O) groups excluding carboxylic acids is 1. The summed E-state index contributed by atoms with van der Waals surface area (Å²) in [5.74, 6) is -0.331. The highest BCUT2D eigenvalue weighted by atomic mass is 32.2. The first-order chi connectivity index (χ1) is 8.15. The minimum atomic E-state index is -1.10. The van der Waals surface area contributed by atoms with Gasteiger partial charge in [-0.25, -0.2) is 9.78 Å². The molecule has 2 N–H and O–H groups in total. The van der Waals surface area contributed by atoms with Crippen LogP contribution in [0.1, 0.15) is 33.1 Å². The molecule has 1 aromatic heterocycles. The maximum absolute atomic E-state index is 11.5. The van der Waals surface area contributed by atoms with E-state index in [2.05, 4.69) is 10.3 Å². The zero-order chi connectivity index (χ0) is 12.7. The highest BCUT2D eigenvalue weighted by Crippen LogP contribution is 2.09. The van der Waals surface area contributed by atoms with Gasteiger partial charge in [0.1, 0.15) is 5.69 Å². The zero-order valence-corrected chi connectivity index (χ0v) is 11.1. The number of hydrogen-bond donors (Lipinski definition) is 2. The minimum absolute atomic E-state index is 0.0578. The number of aromatic nitrogens is 1. The second-order valence-electron chi connectivity index (χ2n) is 3.30. The summed E-state index contributed by atoms with van der Waals surface area (Å²) in [5, 5.41) is 12.8. The molecule has 0 aliphatic heterocycles. The third-order valence-corrected chi connectivity index (χ3v) is 3.51. The van der Waals surface area contributed by atoms with E-state index in [4.69, 9.17) is 5.11 Å². The van der Waals surface area contributed by atoms with Gasteiger partial charge >= 0.3 is 5.97 Å². The molecule has 0 radical (unpaired) electrons. The molecule has 5 nitrogen and oxygen atoms in total. The topological polar surface area (TPSA) is 79.3 Å². The summed E-state index contributed by atoms with van der Waals surface area (Å²) >= 11 is 2.73. The third-order valence-electron chi connectivity index (χ3n) is 1.98. The molecule has 0 spiro atoms. The molecular weight excluding hydrogens is 260 g/mol. The quantitative estimate of drug-likeness (QED) is 0.740. The molecule has 7 heteroatoms. The van der Waals surface area contributed by atoms with Crippen LogP contribution in [0.5, 0.6) is 0 Å². The summed E-state index contributed by atoms with van der Waals surface area (Å²) in [4.78, 5) is 25.9. The molecule has 0 saturated heterocycles. The molecule has 0 aromatic carbocycles. The Hall–Kier alpha value is -1.08. The number of carboxylic acids is 1. The predicted molar refractivity (Wildman–Crippen MR) is 69.0 cm³/mol. The Balaban J connectivity index is 2.34. The van der Waals surface area contributed by atoms with Crippen molar-refractivity contribution in [3.05, 3.63) is 16.1 Å². The van der Waals surface area contributed by atoms with Crippen LogP contribution in [0.3, 0.4) is 0 Å². The first kappa shape index (κ1) is 14.0. The lowest BCUT2D eigenvalue weighted by Gasteiger charge is -2.02. The summed E-state index contributed by atoms with van der Waals surface area (Å²) in [6.07, 6.45) is 4.02. The molecule has 0 fully saturated rings. The molecule has 0 aliphatic carbocycles. The lowest BCUT2D eigenvalue weighted by molar-refractivity contribution is 0.0696. The van der Waals surface area contributed by atoms with Crippen LogP contribution in [0.15, 0.2) is 5.38 Å². The first-order valence-corrected chi connectivity index (χ1v) is 7.38. The number of carbonyl (C=O) groups is 2. The van der Waals surface area contributed by atoms with Crippen molar-refractivity contribution in [2.75, 3.05) is 18.6 Å². The molecule has 1 heterocycles. The van der Waals surface area contributed by atoms with Crippen molar-refractivity contribution in [3.63, 3.8) is 0 Å². The van der Waals surface area contributed by atoms with E-state index in [1.807, 2.05) is 6.26 Å². The number of nitrogens with one attached hydrogen (secondary N) is 1. The van der Waals surface area contributed by atoms with Crippen molar-refractivity contribution in [1.82, 2.24) is 10.3 Å². The van der Waals surface area contributed by atoms with Crippen molar-refractivity contribution in [3.8, 4) is 0 Å². The Morgan fingerprint density at radius 2 is 2.29 bits per heavy atom. The van der Waals surface area contributed by atoms with E-state index < -0.39 is 5.97 Å². The lowest BCUT2D eigenvalue weighted by atomic mass is 10.3. The van der Waals surface area contributed by atoms with Gasteiger partial charge in [-0.3, -0.25) is 4.79 Å². The van der Waals surface area contributed by atoms with Gasteiger partial charge in [0.25, 0.3) is 5.91 Å². The van der Waals surface area contributed by atoms with Gasteiger partial charge < -0.3 is 10.4 Å². The summed E-state index contributed by atoms with van der Waals surface area (Å²) in [6, 6.07) is 0. The maximum atomic E-state index is 11.5. The van der Waals surface area contributed by atoms with Gasteiger partial charge in [-0.15, -0.1) is 11.3 Å². The Labute approximate surface area is 108 Å². The van der Waals surface area contributed by atoms with Gasteiger partial charge in [0.2, 0.25) is 5.01 Å². The largest absolute Gasteiger partial charge is 0.476 e. The fraction of sp³-hybridized carbons (Fsp3) is 0.500. The molecule has 0 aliphatic rings. The van der Waals surface area contributed by atoms with E-state index in [-0.39, 0.29) is 16.6 Å². The van der Waals surface area contributed by atoms with Crippen LogP contribution in [0, 0.1) is 0 Å².